The van der Waals surface area contributed by atoms with Crippen molar-refractivity contribution >= 4 is 16.0 Å². The quantitative estimate of drug-likeness (QED) is 0.849. The van der Waals surface area contributed by atoms with Gasteiger partial charge >= 0.3 is 5.97 Å². The van der Waals surface area contributed by atoms with Gasteiger partial charge in [-0.2, -0.15) is 4.31 Å². The van der Waals surface area contributed by atoms with Crippen molar-refractivity contribution in [2.75, 3.05) is 13.2 Å². The third-order valence-electron chi connectivity index (χ3n) is 3.52. The van der Waals surface area contributed by atoms with Crippen molar-refractivity contribution in [2.45, 2.75) is 37.6 Å². The van der Waals surface area contributed by atoms with Crippen molar-refractivity contribution in [3.8, 4) is 0 Å². The molecule has 0 aromatic carbocycles. The van der Waals surface area contributed by atoms with Gasteiger partial charge in [-0.1, -0.05) is 0 Å². The lowest BCUT2D eigenvalue weighted by molar-refractivity contribution is 0.0691. The first kappa shape index (κ1) is 15.0. The van der Waals surface area contributed by atoms with Crippen molar-refractivity contribution < 1.29 is 27.8 Å². The highest BCUT2D eigenvalue weighted by Crippen LogP contribution is 2.32. The Hall–Kier alpha value is -1.38. The second-order valence-electron chi connectivity index (χ2n) is 4.82. The lowest BCUT2D eigenvalue weighted by Gasteiger charge is -2.22. The van der Waals surface area contributed by atoms with E-state index in [4.69, 9.17) is 4.42 Å². The van der Waals surface area contributed by atoms with Gasteiger partial charge in [0.05, 0.1) is 6.61 Å². The van der Waals surface area contributed by atoms with E-state index in [-0.39, 0.29) is 35.1 Å². The van der Waals surface area contributed by atoms with E-state index in [1.54, 1.807) is 0 Å². The molecule has 7 nitrogen and oxygen atoms in total. The van der Waals surface area contributed by atoms with Crippen molar-refractivity contribution in [3.63, 3.8) is 0 Å². The summed E-state index contributed by atoms with van der Waals surface area (Å²) < 4.78 is 31.6. The zero-order valence-electron chi connectivity index (χ0n) is 11.3. The number of nitrogens with zero attached hydrogens (tertiary/aromatic N) is 1. The summed E-state index contributed by atoms with van der Waals surface area (Å²) in [4.78, 5) is 11.0. The van der Waals surface area contributed by atoms with Gasteiger partial charge in [-0.15, -0.1) is 0 Å². The summed E-state index contributed by atoms with van der Waals surface area (Å²) in [6, 6.07) is -0.503. The average Bonchev–Trinajstić information content (AvgIpc) is 2.93. The van der Waals surface area contributed by atoms with E-state index < -0.39 is 22.0 Å². The highest BCUT2D eigenvalue weighted by atomic mass is 32.2. The van der Waals surface area contributed by atoms with Gasteiger partial charge in [-0.05, 0) is 26.7 Å². The largest absolute Gasteiger partial charge is 0.478 e. The van der Waals surface area contributed by atoms with Gasteiger partial charge in [-0.25, -0.2) is 13.2 Å². The molecule has 112 valence electrons. The molecule has 0 amide bonds. The number of carbonyl (C=O) groups is 1. The van der Waals surface area contributed by atoms with Crippen LogP contribution in [0.3, 0.4) is 0 Å². The van der Waals surface area contributed by atoms with Gasteiger partial charge in [0, 0.05) is 12.6 Å². The summed E-state index contributed by atoms with van der Waals surface area (Å²) in [6.07, 6.45) is 1.21. The average molecular weight is 303 g/mol. The van der Waals surface area contributed by atoms with Crippen LogP contribution in [0.25, 0.3) is 0 Å². The number of carboxylic acid groups (broad SMARTS) is 1. The highest BCUT2D eigenvalue weighted by molar-refractivity contribution is 7.89. The Kier molecular flexibility index (Phi) is 3.90. The normalized spacial score (nSPS) is 20.4. The summed E-state index contributed by atoms with van der Waals surface area (Å²) in [5, 5.41) is 18.5. The number of sulfonamides is 1. The first-order valence-corrected chi connectivity index (χ1v) is 7.70. The lowest BCUT2D eigenvalue weighted by Crippen LogP contribution is -2.38. The molecular weight excluding hydrogens is 286 g/mol. The maximum Gasteiger partial charge on any atom is 0.340 e. The number of aliphatic hydroxyl groups is 1. The van der Waals surface area contributed by atoms with E-state index in [2.05, 4.69) is 0 Å². The maximum atomic E-state index is 12.7. The molecule has 1 aliphatic heterocycles. The second kappa shape index (κ2) is 5.19. The standard InChI is InChI=1S/C12H17NO6S/c1-7-10(12(15)16)11(8(2)19-7)20(17,18)13-5-3-4-9(13)6-14/h9,14H,3-6H2,1-2H3,(H,15,16)/t9-/m1/s1. The number of rotatable bonds is 4. The molecule has 1 saturated heterocycles. The van der Waals surface area contributed by atoms with Crippen molar-refractivity contribution in [3.05, 3.63) is 17.1 Å². The first-order valence-electron chi connectivity index (χ1n) is 6.26. The van der Waals surface area contributed by atoms with E-state index in [1.807, 2.05) is 0 Å². The Labute approximate surface area is 116 Å². The Morgan fingerprint density at radius 1 is 1.40 bits per heavy atom. The molecule has 0 bridgehead atoms. The van der Waals surface area contributed by atoms with Crippen molar-refractivity contribution in [2.24, 2.45) is 0 Å². The van der Waals surface area contributed by atoms with Gasteiger partial charge < -0.3 is 14.6 Å². The van der Waals surface area contributed by atoms with Gasteiger partial charge in [-0.3, -0.25) is 0 Å². The molecule has 0 spiro atoms. The second-order valence-corrected chi connectivity index (χ2v) is 6.65. The highest BCUT2D eigenvalue weighted by Gasteiger charge is 2.40. The molecule has 20 heavy (non-hydrogen) atoms. The van der Waals surface area contributed by atoms with Crippen LogP contribution in [0.15, 0.2) is 9.31 Å². The number of hydrogen-bond acceptors (Lipinski definition) is 5. The molecule has 1 aromatic heterocycles. The van der Waals surface area contributed by atoms with Crippen LogP contribution in [0.1, 0.15) is 34.7 Å². The van der Waals surface area contributed by atoms with Crippen molar-refractivity contribution in [1.29, 1.82) is 0 Å². The SMILES string of the molecule is Cc1oc(C)c(S(=O)(=O)N2CCC[C@@H]2CO)c1C(=O)O. The van der Waals surface area contributed by atoms with Crippen LogP contribution >= 0.6 is 0 Å². The molecule has 2 rings (SSSR count). The third kappa shape index (κ3) is 2.23. The molecule has 0 radical (unpaired) electrons. The zero-order chi connectivity index (χ0) is 15.1. The van der Waals surface area contributed by atoms with Crippen LogP contribution in [0, 0.1) is 13.8 Å². The third-order valence-corrected chi connectivity index (χ3v) is 5.63. The predicted molar refractivity (Wildman–Crippen MR) is 69.1 cm³/mol. The summed E-state index contributed by atoms with van der Waals surface area (Å²) in [7, 11) is -3.99. The van der Waals surface area contributed by atoms with Crippen LogP contribution in [0.2, 0.25) is 0 Å². The fraction of sp³-hybridized carbons (Fsp3) is 0.583. The Morgan fingerprint density at radius 3 is 2.60 bits per heavy atom. The smallest absolute Gasteiger partial charge is 0.340 e. The van der Waals surface area contributed by atoms with Crippen LogP contribution in [0.4, 0.5) is 0 Å². The van der Waals surface area contributed by atoms with Crippen LogP contribution in [-0.4, -0.2) is 48.1 Å². The Bertz CT molecular complexity index is 633. The number of aliphatic hydroxyl groups excluding tert-OH is 1. The summed E-state index contributed by atoms with van der Waals surface area (Å²) >= 11 is 0. The predicted octanol–water partition coefficient (Wildman–Crippen LogP) is 0.740. The fourth-order valence-electron chi connectivity index (χ4n) is 2.65. The monoisotopic (exact) mass is 303 g/mol. The number of furan rings is 1. The molecule has 0 unspecified atom stereocenters. The lowest BCUT2D eigenvalue weighted by atomic mass is 10.2. The number of hydrogen-bond donors (Lipinski definition) is 2. The molecule has 1 fully saturated rings. The minimum absolute atomic E-state index is 0.0588. The zero-order valence-corrected chi connectivity index (χ0v) is 12.1. The van der Waals surface area contributed by atoms with E-state index in [0.717, 1.165) is 4.31 Å². The molecule has 2 heterocycles. The Balaban J connectivity index is 2.58. The topological polar surface area (TPSA) is 108 Å². The molecule has 8 heteroatoms. The number of carboxylic acids is 1. The molecule has 2 N–H and O–H groups in total. The minimum atomic E-state index is -3.99. The molecular formula is C12H17NO6S. The van der Waals surface area contributed by atoms with Gasteiger partial charge in [0.2, 0.25) is 10.0 Å². The Morgan fingerprint density at radius 2 is 2.05 bits per heavy atom. The van der Waals surface area contributed by atoms with Crippen LogP contribution in [0.5, 0.6) is 0 Å². The summed E-state index contributed by atoms with van der Waals surface area (Å²) in [5.74, 6) is -1.21. The van der Waals surface area contributed by atoms with Gasteiger partial charge in [0.25, 0.3) is 0 Å². The van der Waals surface area contributed by atoms with E-state index in [1.165, 1.54) is 13.8 Å². The number of aryl methyl sites for hydroxylation is 2. The van der Waals surface area contributed by atoms with Gasteiger partial charge in [0.15, 0.2) is 0 Å². The van der Waals surface area contributed by atoms with E-state index in [0.29, 0.717) is 12.8 Å². The summed E-state index contributed by atoms with van der Waals surface area (Å²) in [5.41, 5.74) is -0.328. The molecule has 0 saturated carbocycles. The molecule has 1 aliphatic rings. The van der Waals surface area contributed by atoms with Gasteiger partial charge in [0.1, 0.15) is 22.0 Å². The molecule has 1 atom stereocenters. The number of aromatic carboxylic acids is 1. The summed E-state index contributed by atoms with van der Waals surface area (Å²) in [6.45, 7) is 2.84. The fourth-order valence-corrected chi connectivity index (χ4v) is 4.71. The molecule has 0 aliphatic carbocycles. The van der Waals surface area contributed by atoms with Crippen LogP contribution in [-0.2, 0) is 10.0 Å². The molecule has 1 aromatic rings. The maximum absolute atomic E-state index is 12.7. The van der Waals surface area contributed by atoms with Crippen LogP contribution < -0.4 is 0 Å². The van der Waals surface area contributed by atoms with Crippen molar-refractivity contribution in [1.82, 2.24) is 4.31 Å². The minimum Gasteiger partial charge on any atom is -0.478 e. The first-order chi connectivity index (χ1) is 9.30. The van der Waals surface area contributed by atoms with E-state index in [9.17, 15) is 23.4 Å². The van der Waals surface area contributed by atoms with E-state index >= 15 is 0 Å².